The molecule has 1 aromatic rings. The lowest BCUT2D eigenvalue weighted by molar-refractivity contribution is 0.0624. The van der Waals surface area contributed by atoms with Crippen molar-refractivity contribution in [1.29, 1.82) is 0 Å². The van der Waals surface area contributed by atoms with E-state index in [0.29, 0.717) is 0 Å². The van der Waals surface area contributed by atoms with Crippen molar-refractivity contribution in [1.82, 2.24) is 0 Å². The van der Waals surface area contributed by atoms with E-state index in [2.05, 4.69) is 0 Å². The highest BCUT2D eigenvalue weighted by atomic mass is 35.5. The van der Waals surface area contributed by atoms with Crippen LogP contribution in [0.2, 0.25) is 5.02 Å². The zero-order valence-corrected chi connectivity index (χ0v) is 8.15. The van der Waals surface area contributed by atoms with Gasteiger partial charge in [-0.2, -0.15) is 0 Å². The monoisotopic (exact) mass is 223 g/mol. The zero-order valence-electron chi connectivity index (χ0n) is 7.40. The minimum Gasteiger partial charge on any atom is -0.317 e. The first-order chi connectivity index (χ1) is 6.37. The summed E-state index contributed by atoms with van der Waals surface area (Å²) in [5, 5.41) is -0.349. The molecular formula is C9H9ClF3N. The molecule has 78 valence electrons. The number of nitrogens with two attached hydrogens (primary N) is 1. The van der Waals surface area contributed by atoms with Crippen LogP contribution in [0.5, 0.6) is 0 Å². The summed E-state index contributed by atoms with van der Waals surface area (Å²) in [7, 11) is 0. The molecule has 0 amide bonds. The molecule has 1 nitrogen and oxygen atoms in total. The van der Waals surface area contributed by atoms with Crippen LogP contribution in [0.3, 0.4) is 0 Å². The lowest BCUT2D eigenvalue weighted by Crippen LogP contribution is -2.41. The maximum Gasteiger partial charge on any atom is 0.260 e. The number of hydrogen-bond donors (Lipinski definition) is 1. The summed E-state index contributed by atoms with van der Waals surface area (Å²) >= 11 is 5.53. The van der Waals surface area contributed by atoms with Crippen molar-refractivity contribution in [3.63, 3.8) is 0 Å². The van der Waals surface area contributed by atoms with Crippen LogP contribution in [0.25, 0.3) is 0 Å². The van der Waals surface area contributed by atoms with Crippen molar-refractivity contribution < 1.29 is 13.2 Å². The van der Waals surface area contributed by atoms with Crippen molar-refractivity contribution in [2.24, 2.45) is 5.73 Å². The summed E-state index contributed by atoms with van der Waals surface area (Å²) < 4.78 is 37.9. The lowest BCUT2D eigenvalue weighted by Gasteiger charge is -2.25. The SMILES string of the molecule is CC(N)(c1cccc(F)c1Cl)C(F)F. The maximum atomic E-state index is 12.9. The fourth-order valence-corrected chi connectivity index (χ4v) is 1.37. The van der Waals surface area contributed by atoms with E-state index in [1.807, 2.05) is 0 Å². The summed E-state index contributed by atoms with van der Waals surface area (Å²) in [6.07, 6.45) is -2.80. The summed E-state index contributed by atoms with van der Waals surface area (Å²) in [6, 6.07) is 3.68. The molecule has 0 saturated carbocycles. The van der Waals surface area contributed by atoms with Crippen molar-refractivity contribution in [3.05, 3.63) is 34.6 Å². The van der Waals surface area contributed by atoms with Gasteiger partial charge in [0.15, 0.2) is 0 Å². The van der Waals surface area contributed by atoms with Gasteiger partial charge >= 0.3 is 0 Å². The van der Waals surface area contributed by atoms with Crippen LogP contribution in [-0.2, 0) is 5.54 Å². The fraction of sp³-hybridized carbons (Fsp3) is 0.333. The maximum absolute atomic E-state index is 12.9. The van der Waals surface area contributed by atoms with Gasteiger partial charge in [0, 0.05) is 0 Å². The van der Waals surface area contributed by atoms with Crippen LogP contribution in [-0.4, -0.2) is 6.43 Å². The van der Waals surface area contributed by atoms with E-state index in [0.717, 1.165) is 13.0 Å². The van der Waals surface area contributed by atoms with Gasteiger partial charge < -0.3 is 5.73 Å². The van der Waals surface area contributed by atoms with Gasteiger partial charge in [-0.05, 0) is 18.6 Å². The van der Waals surface area contributed by atoms with Crippen LogP contribution < -0.4 is 5.73 Å². The highest BCUT2D eigenvalue weighted by molar-refractivity contribution is 6.31. The quantitative estimate of drug-likeness (QED) is 0.820. The molecule has 0 saturated heterocycles. The van der Waals surface area contributed by atoms with Gasteiger partial charge in [-0.3, -0.25) is 0 Å². The number of alkyl halides is 2. The Balaban J connectivity index is 3.26. The summed E-state index contributed by atoms with van der Waals surface area (Å²) in [5.74, 6) is -0.749. The number of halogens is 4. The van der Waals surface area contributed by atoms with E-state index in [4.69, 9.17) is 17.3 Å². The Bertz CT molecular complexity index is 339. The molecule has 5 heteroatoms. The predicted molar refractivity (Wildman–Crippen MR) is 49.0 cm³/mol. The van der Waals surface area contributed by atoms with Crippen LogP contribution in [0.1, 0.15) is 12.5 Å². The Kier molecular flexibility index (Phi) is 3.07. The van der Waals surface area contributed by atoms with Gasteiger partial charge in [-0.15, -0.1) is 0 Å². The first kappa shape index (κ1) is 11.3. The predicted octanol–water partition coefficient (Wildman–Crippen LogP) is 2.92. The molecule has 0 spiro atoms. The van der Waals surface area contributed by atoms with E-state index >= 15 is 0 Å². The molecule has 1 rings (SSSR count). The van der Waals surface area contributed by atoms with E-state index in [9.17, 15) is 13.2 Å². The second kappa shape index (κ2) is 3.79. The molecule has 0 heterocycles. The third kappa shape index (κ3) is 1.86. The molecule has 0 radical (unpaired) electrons. The average molecular weight is 224 g/mol. The third-order valence-corrected chi connectivity index (χ3v) is 2.37. The summed E-state index contributed by atoms with van der Waals surface area (Å²) in [5.41, 5.74) is 3.33. The molecule has 0 aliphatic rings. The normalized spacial score (nSPS) is 15.6. The minimum atomic E-state index is -2.80. The largest absolute Gasteiger partial charge is 0.317 e. The van der Waals surface area contributed by atoms with Crippen LogP contribution in [0, 0.1) is 5.82 Å². The Morgan fingerprint density at radius 1 is 1.43 bits per heavy atom. The lowest BCUT2D eigenvalue weighted by atomic mass is 9.93. The van der Waals surface area contributed by atoms with Crippen LogP contribution in [0.15, 0.2) is 18.2 Å². The fourth-order valence-electron chi connectivity index (χ4n) is 1.04. The van der Waals surface area contributed by atoms with Gasteiger partial charge in [0.2, 0.25) is 0 Å². The summed E-state index contributed by atoms with van der Waals surface area (Å²) in [6.45, 7) is 1.11. The second-order valence-electron chi connectivity index (χ2n) is 3.18. The molecule has 1 aromatic carbocycles. The molecule has 14 heavy (non-hydrogen) atoms. The number of hydrogen-bond acceptors (Lipinski definition) is 1. The topological polar surface area (TPSA) is 26.0 Å². The standard InChI is InChI=1S/C9H9ClF3N/c1-9(14,8(12)13)5-3-2-4-6(11)7(5)10/h2-4,8H,14H2,1H3. The van der Waals surface area contributed by atoms with Crippen molar-refractivity contribution in [2.45, 2.75) is 18.9 Å². The first-order valence-electron chi connectivity index (χ1n) is 3.89. The zero-order chi connectivity index (χ0) is 10.9. The molecule has 0 aliphatic heterocycles. The highest BCUT2D eigenvalue weighted by Gasteiger charge is 2.34. The van der Waals surface area contributed by atoms with E-state index in [1.54, 1.807) is 0 Å². The van der Waals surface area contributed by atoms with Gasteiger partial charge in [0.25, 0.3) is 6.43 Å². The van der Waals surface area contributed by atoms with Crippen LogP contribution in [0.4, 0.5) is 13.2 Å². The second-order valence-corrected chi connectivity index (χ2v) is 3.56. The Morgan fingerprint density at radius 3 is 2.50 bits per heavy atom. The van der Waals surface area contributed by atoms with Gasteiger partial charge in [0.05, 0.1) is 5.02 Å². The van der Waals surface area contributed by atoms with Gasteiger partial charge in [-0.25, -0.2) is 13.2 Å². The van der Waals surface area contributed by atoms with Gasteiger partial charge in [0.1, 0.15) is 11.4 Å². The van der Waals surface area contributed by atoms with Crippen molar-refractivity contribution in [2.75, 3.05) is 0 Å². The van der Waals surface area contributed by atoms with E-state index < -0.39 is 17.8 Å². The Labute approximate surface area is 84.7 Å². The van der Waals surface area contributed by atoms with Crippen molar-refractivity contribution >= 4 is 11.6 Å². The first-order valence-corrected chi connectivity index (χ1v) is 4.26. The highest BCUT2D eigenvalue weighted by Crippen LogP contribution is 2.32. The number of rotatable bonds is 2. The third-order valence-electron chi connectivity index (χ3n) is 1.99. The van der Waals surface area contributed by atoms with Crippen LogP contribution >= 0.6 is 11.6 Å². The molecular weight excluding hydrogens is 215 g/mol. The molecule has 1 unspecified atom stereocenters. The van der Waals surface area contributed by atoms with Gasteiger partial charge in [-0.1, -0.05) is 23.7 Å². The van der Waals surface area contributed by atoms with E-state index in [-0.39, 0.29) is 10.6 Å². The molecule has 0 aromatic heterocycles. The average Bonchev–Trinajstić information content (AvgIpc) is 2.09. The molecule has 1 atom stereocenters. The number of benzene rings is 1. The molecule has 0 fully saturated rings. The van der Waals surface area contributed by atoms with E-state index in [1.165, 1.54) is 12.1 Å². The minimum absolute atomic E-state index is 0.0887. The Morgan fingerprint density at radius 2 is 2.00 bits per heavy atom. The molecule has 0 aliphatic carbocycles. The molecule has 2 N–H and O–H groups in total. The van der Waals surface area contributed by atoms with Crippen molar-refractivity contribution in [3.8, 4) is 0 Å². The summed E-state index contributed by atoms with van der Waals surface area (Å²) in [4.78, 5) is 0. The Hall–Kier alpha value is -0.740. The smallest absolute Gasteiger partial charge is 0.260 e. The molecule has 0 bridgehead atoms.